The second-order valence-corrected chi connectivity index (χ2v) is 17.5. The number of pyridine rings is 1. The second kappa shape index (κ2) is 6.79. The molecule has 34 heavy (non-hydrogen) atoms. The minimum absolute atomic E-state index is 0.223. The van der Waals surface area contributed by atoms with Crippen molar-refractivity contribution in [2.45, 2.75) is 53.8 Å². The summed E-state index contributed by atoms with van der Waals surface area (Å²) in [5, 5.41) is 6.85. The van der Waals surface area contributed by atoms with Crippen molar-refractivity contribution in [3.63, 3.8) is 0 Å². The summed E-state index contributed by atoms with van der Waals surface area (Å²) < 4.78 is 4.78. The monoisotopic (exact) mass is 464 g/mol. The van der Waals surface area contributed by atoms with E-state index in [4.69, 9.17) is 4.98 Å². The van der Waals surface area contributed by atoms with Gasteiger partial charge < -0.3 is 4.40 Å². The SMILES string of the molecule is Cc1ccc2c3c(CC(C)(C)C)cccc3n3c4cc([Si](C)(C)C)cc5nc[n+](C)c(c1c23)c54. The van der Waals surface area contributed by atoms with Crippen LogP contribution in [0, 0.1) is 12.3 Å². The minimum atomic E-state index is -1.54. The van der Waals surface area contributed by atoms with Gasteiger partial charge in [-0.25, -0.2) is 4.57 Å². The van der Waals surface area contributed by atoms with Crippen LogP contribution < -0.4 is 9.75 Å². The molecule has 0 aliphatic carbocycles. The summed E-state index contributed by atoms with van der Waals surface area (Å²) in [6.07, 6.45) is 3.05. The van der Waals surface area contributed by atoms with E-state index in [1.54, 1.807) is 0 Å². The molecule has 0 fully saturated rings. The van der Waals surface area contributed by atoms with E-state index in [-0.39, 0.29) is 5.41 Å². The van der Waals surface area contributed by atoms with Gasteiger partial charge in [0.25, 0.3) is 6.33 Å². The van der Waals surface area contributed by atoms with E-state index in [2.05, 4.69) is 106 Å². The average molecular weight is 465 g/mol. The first-order chi connectivity index (χ1) is 16.0. The largest absolute Gasteiger partial charge is 0.308 e. The van der Waals surface area contributed by atoms with Gasteiger partial charge in [0.1, 0.15) is 5.52 Å². The Balaban J connectivity index is 1.97. The van der Waals surface area contributed by atoms with Crippen LogP contribution in [-0.4, -0.2) is 17.5 Å². The van der Waals surface area contributed by atoms with Gasteiger partial charge in [0.05, 0.1) is 37.1 Å². The van der Waals surface area contributed by atoms with Crippen LogP contribution in [0.3, 0.4) is 0 Å². The van der Waals surface area contributed by atoms with Gasteiger partial charge in [-0.2, -0.15) is 0 Å². The zero-order valence-corrected chi connectivity index (χ0v) is 22.7. The Morgan fingerprint density at radius 1 is 0.941 bits per heavy atom. The van der Waals surface area contributed by atoms with Crippen LogP contribution in [-0.2, 0) is 13.5 Å². The zero-order valence-electron chi connectivity index (χ0n) is 21.7. The number of aryl methyl sites for hydroxylation is 2. The van der Waals surface area contributed by atoms with Crippen LogP contribution >= 0.6 is 0 Å². The third-order valence-electron chi connectivity index (χ3n) is 7.37. The third-order valence-corrected chi connectivity index (χ3v) is 9.39. The van der Waals surface area contributed by atoms with Crippen molar-refractivity contribution in [3.8, 4) is 0 Å². The molecule has 0 aliphatic rings. The smallest absolute Gasteiger partial charge is 0.287 e. The van der Waals surface area contributed by atoms with E-state index in [0.29, 0.717) is 0 Å². The number of aromatic nitrogens is 3. The average Bonchev–Trinajstić information content (AvgIpc) is 3.08. The number of benzene rings is 3. The van der Waals surface area contributed by atoms with E-state index >= 15 is 0 Å². The van der Waals surface area contributed by atoms with Gasteiger partial charge in [0.15, 0.2) is 5.52 Å². The van der Waals surface area contributed by atoms with Crippen molar-refractivity contribution in [2.75, 3.05) is 0 Å². The number of hydrogen-bond donors (Lipinski definition) is 0. The molecule has 0 spiro atoms. The summed E-state index contributed by atoms with van der Waals surface area (Å²) in [4.78, 5) is 4.93. The molecule has 0 atom stereocenters. The first kappa shape index (κ1) is 21.5. The first-order valence-electron chi connectivity index (χ1n) is 12.3. The highest BCUT2D eigenvalue weighted by atomic mass is 28.3. The van der Waals surface area contributed by atoms with Crippen molar-refractivity contribution >= 4 is 62.4 Å². The van der Waals surface area contributed by atoms with Crippen molar-refractivity contribution in [3.05, 3.63) is 59.9 Å². The molecule has 3 aromatic heterocycles. The predicted molar refractivity (Wildman–Crippen MR) is 148 cm³/mol. The van der Waals surface area contributed by atoms with Gasteiger partial charge in [-0.1, -0.05) is 69.9 Å². The summed E-state index contributed by atoms with van der Waals surface area (Å²) in [6.45, 7) is 16.5. The lowest BCUT2D eigenvalue weighted by Crippen LogP contribution is -2.38. The van der Waals surface area contributed by atoms with Crippen molar-refractivity contribution in [2.24, 2.45) is 12.5 Å². The molecule has 0 bridgehead atoms. The molecule has 6 rings (SSSR count). The van der Waals surface area contributed by atoms with E-state index < -0.39 is 8.07 Å². The molecule has 0 radical (unpaired) electrons. The van der Waals surface area contributed by atoms with Crippen molar-refractivity contribution in [1.29, 1.82) is 0 Å². The Hall–Kier alpha value is -2.98. The lowest BCUT2D eigenvalue weighted by Gasteiger charge is -2.19. The van der Waals surface area contributed by atoms with Gasteiger partial charge in [0.2, 0.25) is 0 Å². The van der Waals surface area contributed by atoms with Gasteiger partial charge in [0, 0.05) is 16.2 Å². The van der Waals surface area contributed by atoms with Crippen LogP contribution in [0.15, 0.2) is 48.8 Å². The fourth-order valence-corrected chi connectivity index (χ4v) is 6.99. The molecule has 0 saturated carbocycles. The van der Waals surface area contributed by atoms with Gasteiger partial charge in [-0.15, -0.1) is 0 Å². The fraction of sp³-hybridized carbons (Fsp3) is 0.333. The highest BCUT2D eigenvalue weighted by molar-refractivity contribution is 6.89. The summed E-state index contributed by atoms with van der Waals surface area (Å²) in [5.74, 6) is 0. The molecular formula is C30H34N3Si+. The van der Waals surface area contributed by atoms with Crippen LogP contribution in [0.4, 0.5) is 0 Å². The number of rotatable bonds is 2. The second-order valence-electron chi connectivity index (χ2n) is 12.4. The highest BCUT2D eigenvalue weighted by Crippen LogP contribution is 2.42. The molecule has 0 saturated heterocycles. The number of nitrogens with zero attached hydrogens (tertiary/aromatic N) is 3. The molecular weight excluding hydrogens is 430 g/mol. The maximum absolute atomic E-state index is 4.93. The molecule has 172 valence electrons. The van der Waals surface area contributed by atoms with E-state index in [1.165, 1.54) is 59.9 Å². The first-order valence-corrected chi connectivity index (χ1v) is 15.8. The van der Waals surface area contributed by atoms with Crippen LogP contribution in [0.2, 0.25) is 19.6 Å². The number of hydrogen-bond acceptors (Lipinski definition) is 1. The molecule has 3 aromatic carbocycles. The Labute approximate surface area is 202 Å². The normalized spacial score (nSPS) is 13.4. The predicted octanol–water partition coefficient (Wildman–Crippen LogP) is 6.65. The maximum atomic E-state index is 4.93. The van der Waals surface area contributed by atoms with E-state index in [9.17, 15) is 0 Å². The van der Waals surface area contributed by atoms with E-state index in [0.717, 1.165) is 11.9 Å². The molecule has 6 aromatic rings. The number of fused-ring (bicyclic) bond motifs is 5. The molecule has 0 N–H and O–H groups in total. The van der Waals surface area contributed by atoms with Crippen molar-refractivity contribution < 1.29 is 4.57 Å². The summed E-state index contributed by atoms with van der Waals surface area (Å²) in [7, 11) is 0.598. The Kier molecular flexibility index (Phi) is 4.30. The summed E-state index contributed by atoms with van der Waals surface area (Å²) in [6, 6.07) is 16.4. The Morgan fingerprint density at radius 3 is 2.41 bits per heavy atom. The van der Waals surface area contributed by atoms with Crippen LogP contribution in [0.5, 0.6) is 0 Å². The summed E-state index contributed by atoms with van der Waals surface area (Å²) in [5.41, 5.74) is 9.33. The summed E-state index contributed by atoms with van der Waals surface area (Å²) >= 11 is 0. The van der Waals surface area contributed by atoms with Crippen LogP contribution in [0.1, 0.15) is 31.9 Å². The van der Waals surface area contributed by atoms with Gasteiger partial charge >= 0.3 is 0 Å². The molecule has 3 heterocycles. The topological polar surface area (TPSA) is 21.2 Å². The van der Waals surface area contributed by atoms with E-state index in [1.807, 2.05) is 6.33 Å². The molecule has 0 unspecified atom stereocenters. The molecule has 0 amide bonds. The lowest BCUT2D eigenvalue weighted by molar-refractivity contribution is -0.646. The zero-order chi connectivity index (χ0) is 24.2. The fourth-order valence-electron chi connectivity index (χ4n) is 5.85. The lowest BCUT2D eigenvalue weighted by atomic mass is 9.86. The highest BCUT2D eigenvalue weighted by Gasteiger charge is 2.27. The third kappa shape index (κ3) is 2.94. The van der Waals surface area contributed by atoms with Crippen molar-refractivity contribution in [1.82, 2.24) is 9.38 Å². The van der Waals surface area contributed by atoms with Crippen LogP contribution in [0.25, 0.3) is 49.1 Å². The van der Waals surface area contributed by atoms with Gasteiger partial charge in [-0.3, -0.25) is 0 Å². The maximum Gasteiger partial charge on any atom is 0.287 e. The molecule has 0 aliphatic heterocycles. The molecule has 4 heteroatoms. The Morgan fingerprint density at radius 2 is 1.71 bits per heavy atom. The molecule has 3 nitrogen and oxygen atoms in total. The standard InChI is InChI=1S/C30H34N3Si/c1-18-12-13-21-26-19(16-30(2,3)4)10-9-11-23(26)33-24-15-20(34(6,7)8)14-22-27(24)29(25(18)28(21)33)32(5)17-31-22/h9-15,17H,16H2,1-8H3/q+1. The van der Waals surface area contributed by atoms with Gasteiger partial charge in [-0.05, 0) is 53.1 Å². The minimum Gasteiger partial charge on any atom is -0.308 e. The Bertz CT molecular complexity index is 1760. The quantitative estimate of drug-likeness (QED) is 0.122.